The van der Waals surface area contributed by atoms with Crippen molar-refractivity contribution in [3.8, 4) is 28.1 Å². The molecule has 29 heavy (non-hydrogen) atoms. The molecule has 0 saturated carbocycles. The van der Waals surface area contributed by atoms with E-state index in [4.69, 9.17) is 0 Å². The van der Waals surface area contributed by atoms with Gasteiger partial charge in [0.1, 0.15) is 11.6 Å². The van der Waals surface area contributed by atoms with E-state index in [2.05, 4.69) is 58.4 Å². The summed E-state index contributed by atoms with van der Waals surface area (Å²) in [5.41, 5.74) is 3.25. The molecule has 0 spiro atoms. The molecule has 3 aromatic rings. The van der Waals surface area contributed by atoms with E-state index >= 15 is 0 Å². The average molecular weight is 393 g/mol. The van der Waals surface area contributed by atoms with Crippen molar-refractivity contribution < 1.29 is 5.11 Å². The SMILES string of the molecule is CC1C(Nc2ccc(-c3ccc(-c4cn[nH]c4)cc3O)nn2)CCN(C)C1(C)C. The van der Waals surface area contributed by atoms with Crippen LogP contribution in [-0.4, -0.2) is 55.6 Å². The summed E-state index contributed by atoms with van der Waals surface area (Å²) in [6, 6.07) is 9.70. The van der Waals surface area contributed by atoms with E-state index in [9.17, 15) is 5.11 Å². The first-order valence-electron chi connectivity index (χ1n) is 10.0. The van der Waals surface area contributed by atoms with Gasteiger partial charge in [0, 0.05) is 35.4 Å². The predicted molar refractivity (Wildman–Crippen MR) is 115 cm³/mol. The van der Waals surface area contributed by atoms with Crippen LogP contribution in [0.15, 0.2) is 42.7 Å². The van der Waals surface area contributed by atoms with Gasteiger partial charge in [-0.05, 0) is 63.1 Å². The molecule has 152 valence electrons. The van der Waals surface area contributed by atoms with Crippen molar-refractivity contribution in [1.82, 2.24) is 25.3 Å². The van der Waals surface area contributed by atoms with Crippen molar-refractivity contribution in [2.75, 3.05) is 18.9 Å². The molecule has 1 fully saturated rings. The Labute approximate surface area is 171 Å². The monoisotopic (exact) mass is 392 g/mol. The molecule has 2 unspecified atom stereocenters. The Hall–Kier alpha value is -2.93. The first-order chi connectivity index (χ1) is 13.9. The summed E-state index contributed by atoms with van der Waals surface area (Å²) in [6.07, 6.45) is 4.58. The van der Waals surface area contributed by atoms with Crippen LogP contribution in [0.25, 0.3) is 22.4 Å². The molecule has 0 aliphatic carbocycles. The fourth-order valence-corrected chi connectivity index (χ4v) is 3.99. The number of hydrogen-bond acceptors (Lipinski definition) is 6. The number of likely N-dealkylation sites (tertiary alicyclic amines) is 1. The van der Waals surface area contributed by atoms with Gasteiger partial charge in [-0.15, -0.1) is 10.2 Å². The van der Waals surface area contributed by atoms with E-state index in [0.717, 1.165) is 29.9 Å². The van der Waals surface area contributed by atoms with Gasteiger partial charge in [-0.1, -0.05) is 13.0 Å². The minimum Gasteiger partial charge on any atom is -0.507 e. The van der Waals surface area contributed by atoms with Gasteiger partial charge in [-0.2, -0.15) is 5.10 Å². The lowest BCUT2D eigenvalue weighted by Gasteiger charge is -2.49. The highest BCUT2D eigenvalue weighted by molar-refractivity contribution is 5.73. The maximum Gasteiger partial charge on any atom is 0.148 e. The molecule has 4 rings (SSSR count). The van der Waals surface area contributed by atoms with Crippen LogP contribution in [0.5, 0.6) is 5.75 Å². The number of phenols is 1. The first-order valence-corrected chi connectivity index (χ1v) is 10.0. The zero-order chi connectivity index (χ0) is 20.6. The van der Waals surface area contributed by atoms with E-state index in [-0.39, 0.29) is 11.3 Å². The topological polar surface area (TPSA) is 90.0 Å². The van der Waals surface area contributed by atoms with Gasteiger partial charge in [0.15, 0.2) is 0 Å². The number of H-pyrrole nitrogens is 1. The number of aromatic nitrogens is 4. The van der Waals surface area contributed by atoms with Crippen molar-refractivity contribution >= 4 is 5.82 Å². The molecular weight excluding hydrogens is 364 g/mol. The lowest BCUT2D eigenvalue weighted by Crippen LogP contribution is -2.57. The number of phenolic OH excluding ortho intramolecular Hbond substituents is 1. The van der Waals surface area contributed by atoms with E-state index in [1.54, 1.807) is 18.5 Å². The van der Waals surface area contributed by atoms with Crippen LogP contribution in [0.4, 0.5) is 5.82 Å². The van der Waals surface area contributed by atoms with E-state index < -0.39 is 0 Å². The van der Waals surface area contributed by atoms with Gasteiger partial charge in [0.2, 0.25) is 0 Å². The fraction of sp³-hybridized carbons (Fsp3) is 0.409. The van der Waals surface area contributed by atoms with Crippen LogP contribution in [0.1, 0.15) is 27.2 Å². The number of hydrogen-bond donors (Lipinski definition) is 3. The van der Waals surface area contributed by atoms with E-state index in [1.807, 2.05) is 24.3 Å². The smallest absolute Gasteiger partial charge is 0.148 e. The molecule has 0 amide bonds. The van der Waals surface area contributed by atoms with Gasteiger partial charge >= 0.3 is 0 Å². The lowest BCUT2D eigenvalue weighted by atomic mass is 9.77. The number of rotatable bonds is 4. The molecule has 7 heteroatoms. The van der Waals surface area contributed by atoms with E-state index in [1.165, 1.54) is 0 Å². The zero-order valence-corrected chi connectivity index (χ0v) is 17.3. The van der Waals surface area contributed by atoms with Crippen molar-refractivity contribution in [2.45, 2.75) is 38.8 Å². The molecular formula is C22H28N6O. The minimum absolute atomic E-state index is 0.131. The zero-order valence-electron chi connectivity index (χ0n) is 17.3. The van der Waals surface area contributed by atoms with Crippen molar-refractivity contribution in [3.63, 3.8) is 0 Å². The molecule has 1 aliphatic rings. The molecule has 3 N–H and O–H groups in total. The Morgan fingerprint density at radius 1 is 1.17 bits per heavy atom. The van der Waals surface area contributed by atoms with Crippen LogP contribution in [0.3, 0.4) is 0 Å². The molecule has 1 saturated heterocycles. The molecule has 0 radical (unpaired) electrons. The maximum atomic E-state index is 10.5. The number of nitrogens with one attached hydrogen (secondary N) is 2. The van der Waals surface area contributed by atoms with Crippen molar-refractivity contribution in [2.24, 2.45) is 5.92 Å². The second-order valence-electron chi connectivity index (χ2n) is 8.43. The third-order valence-electron chi connectivity index (χ3n) is 6.58. The number of piperidine rings is 1. The summed E-state index contributed by atoms with van der Waals surface area (Å²) in [5, 5.41) is 29.5. The fourth-order valence-electron chi connectivity index (χ4n) is 3.99. The Balaban J connectivity index is 1.50. The number of aromatic amines is 1. The maximum absolute atomic E-state index is 10.5. The summed E-state index contributed by atoms with van der Waals surface area (Å²) in [6.45, 7) is 7.92. The van der Waals surface area contributed by atoms with Crippen LogP contribution in [-0.2, 0) is 0 Å². The highest BCUT2D eigenvalue weighted by Gasteiger charge is 2.39. The second kappa shape index (κ2) is 7.48. The van der Waals surface area contributed by atoms with Gasteiger partial charge < -0.3 is 15.3 Å². The Kier molecular flexibility index (Phi) is 5.00. The van der Waals surface area contributed by atoms with Crippen LogP contribution in [0, 0.1) is 5.92 Å². The summed E-state index contributed by atoms with van der Waals surface area (Å²) < 4.78 is 0. The highest BCUT2D eigenvalue weighted by atomic mass is 16.3. The molecule has 3 heterocycles. The standard InChI is InChI=1S/C22H28N6O/c1-14-18(9-10-28(4)22(14,2)3)25-21-8-7-19(26-27-21)17-6-5-15(11-20(17)29)16-12-23-24-13-16/h5-8,11-14,18,29H,9-10H2,1-4H3,(H,23,24)(H,25,27). The molecule has 1 aromatic carbocycles. The van der Waals surface area contributed by atoms with Gasteiger partial charge in [-0.25, -0.2) is 0 Å². The quantitative estimate of drug-likeness (QED) is 0.626. The van der Waals surface area contributed by atoms with E-state index in [0.29, 0.717) is 23.2 Å². The van der Waals surface area contributed by atoms with Crippen LogP contribution in [0.2, 0.25) is 0 Å². The highest BCUT2D eigenvalue weighted by Crippen LogP contribution is 2.34. The molecule has 0 bridgehead atoms. The predicted octanol–water partition coefficient (Wildman–Crippen LogP) is 3.77. The van der Waals surface area contributed by atoms with Crippen LogP contribution >= 0.6 is 0 Å². The largest absolute Gasteiger partial charge is 0.507 e. The summed E-state index contributed by atoms with van der Waals surface area (Å²) in [5.74, 6) is 1.41. The van der Waals surface area contributed by atoms with Crippen LogP contribution < -0.4 is 5.32 Å². The Morgan fingerprint density at radius 2 is 2.00 bits per heavy atom. The first kappa shape index (κ1) is 19.4. The second-order valence-corrected chi connectivity index (χ2v) is 8.43. The lowest BCUT2D eigenvalue weighted by molar-refractivity contribution is 0.0458. The number of benzene rings is 1. The molecule has 7 nitrogen and oxygen atoms in total. The average Bonchev–Trinajstić information content (AvgIpc) is 3.24. The minimum atomic E-state index is 0.131. The third-order valence-corrected chi connectivity index (χ3v) is 6.58. The number of aromatic hydroxyl groups is 1. The number of anilines is 1. The summed E-state index contributed by atoms with van der Waals surface area (Å²) in [7, 11) is 2.19. The van der Waals surface area contributed by atoms with Gasteiger partial charge in [0.05, 0.1) is 11.9 Å². The molecule has 2 atom stereocenters. The molecule has 2 aromatic heterocycles. The number of nitrogens with zero attached hydrogens (tertiary/aromatic N) is 4. The Bertz CT molecular complexity index is 967. The summed E-state index contributed by atoms with van der Waals surface area (Å²) >= 11 is 0. The third kappa shape index (κ3) is 3.70. The van der Waals surface area contributed by atoms with Crippen molar-refractivity contribution in [1.29, 1.82) is 0 Å². The Morgan fingerprint density at radius 3 is 2.66 bits per heavy atom. The van der Waals surface area contributed by atoms with Gasteiger partial charge in [0.25, 0.3) is 0 Å². The van der Waals surface area contributed by atoms with Gasteiger partial charge in [-0.3, -0.25) is 5.10 Å². The summed E-state index contributed by atoms with van der Waals surface area (Å²) in [4.78, 5) is 2.42. The normalized spacial score (nSPS) is 21.8. The van der Waals surface area contributed by atoms with Crippen molar-refractivity contribution in [3.05, 3.63) is 42.7 Å². The molecule has 1 aliphatic heterocycles.